The van der Waals surface area contributed by atoms with Crippen molar-refractivity contribution in [2.24, 2.45) is 0 Å². The van der Waals surface area contributed by atoms with Crippen LogP contribution >= 0.6 is 0 Å². The molecule has 2 N–H and O–H groups in total. The molecule has 2 rings (SSSR count). The molecule has 0 bridgehead atoms. The molecular weight excluding hydrogens is 282 g/mol. The summed E-state index contributed by atoms with van der Waals surface area (Å²) in [4.78, 5) is 38.9. The van der Waals surface area contributed by atoms with E-state index in [0.29, 0.717) is 11.1 Å². The summed E-state index contributed by atoms with van der Waals surface area (Å²) in [6, 6.07) is 11.9. The molecule has 22 heavy (non-hydrogen) atoms. The minimum Gasteiger partial charge on any atom is -0.294 e. The maximum absolute atomic E-state index is 11.8. The van der Waals surface area contributed by atoms with Gasteiger partial charge in [-0.2, -0.15) is 0 Å². The first-order valence-electron chi connectivity index (χ1n) is 6.74. The Hall–Kier alpha value is -3.02. The lowest BCUT2D eigenvalue weighted by molar-refractivity contribution is -0.121. The van der Waals surface area contributed by atoms with Crippen LogP contribution < -0.4 is 10.9 Å². The predicted molar refractivity (Wildman–Crippen MR) is 79.9 cm³/mol. The van der Waals surface area contributed by atoms with E-state index >= 15 is 0 Å². The van der Waals surface area contributed by atoms with Gasteiger partial charge in [-0.15, -0.1) is 0 Å². The van der Waals surface area contributed by atoms with Gasteiger partial charge in [0.15, 0.2) is 5.78 Å². The number of benzene rings is 1. The molecule has 6 nitrogen and oxygen atoms in total. The van der Waals surface area contributed by atoms with Gasteiger partial charge in [0.25, 0.3) is 5.91 Å². The fourth-order valence-corrected chi connectivity index (χ4v) is 1.75. The first-order valence-corrected chi connectivity index (χ1v) is 6.74. The van der Waals surface area contributed by atoms with Crippen LogP contribution in [-0.2, 0) is 4.79 Å². The van der Waals surface area contributed by atoms with E-state index in [9.17, 15) is 14.4 Å². The molecular formula is C16H15N3O3. The summed E-state index contributed by atoms with van der Waals surface area (Å²) in [5, 5.41) is 0. The van der Waals surface area contributed by atoms with Gasteiger partial charge in [0.2, 0.25) is 5.91 Å². The molecule has 0 spiro atoms. The van der Waals surface area contributed by atoms with E-state index in [1.165, 1.54) is 6.20 Å². The summed E-state index contributed by atoms with van der Waals surface area (Å²) in [6.45, 7) is 0. The molecule has 1 aromatic heterocycles. The molecule has 0 aliphatic heterocycles. The molecule has 0 aliphatic rings. The van der Waals surface area contributed by atoms with Gasteiger partial charge in [-0.05, 0) is 12.1 Å². The second kappa shape index (κ2) is 7.68. The largest absolute Gasteiger partial charge is 0.294 e. The van der Waals surface area contributed by atoms with Crippen LogP contribution in [0.2, 0.25) is 0 Å². The molecule has 6 heteroatoms. The van der Waals surface area contributed by atoms with E-state index in [2.05, 4.69) is 15.8 Å². The van der Waals surface area contributed by atoms with Crippen LogP contribution in [0.25, 0.3) is 0 Å². The number of nitrogens with one attached hydrogen (secondary N) is 2. The molecule has 0 radical (unpaired) electrons. The zero-order valence-electron chi connectivity index (χ0n) is 11.8. The Morgan fingerprint density at radius 2 is 1.59 bits per heavy atom. The van der Waals surface area contributed by atoms with Gasteiger partial charge < -0.3 is 0 Å². The first-order chi connectivity index (χ1) is 10.7. The Morgan fingerprint density at radius 3 is 2.27 bits per heavy atom. The molecule has 1 heterocycles. The SMILES string of the molecule is O=C(CCC(=O)c1ccccc1)NNC(=O)c1cccnc1. The Balaban J connectivity index is 1.74. The number of hydrogen-bond acceptors (Lipinski definition) is 4. The van der Waals surface area contributed by atoms with E-state index in [1.807, 2.05) is 6.07 Å². The lowest BCUT2D eigenvalue weighted by Gasteiger charge is -2.07. The van der Waals surface area contributed by atoms with Crippen LogP contribution in [0.1, 0.15) is 33.6 Å². The topological polar surface area (TPSA) is 88.2 Å². The molecule has 0 saturated heterocycles. The van der Waals surface area contributed by atoms with Crippen molar-refractivity contribution >= 4 is 17.6 Å². The van der Waals surface area contributed by atoms with Crippen LogP contribution in [0.3, 0.4) is 0 Å². The first kappa shape index (κ1) is 15.4. The minimum atomic E-state index is -0.462. The quantitative estimate of drug-likeness (QED) is 0.646. The standard InChI is InChI=1S/C16H15N3O3/c20-14(12-5-2-1-3-6-12)8-9-15(21)18-19-16(22)13-7-4-10-17-11-13/h1-7,10-11H,8-9H2,(H,18,21)(H,19,22). The number of aromatic nitrogens is 1. The van der Waals surface area contributed by atoms with Crippen molar-refractivity contribution in [3.05, 3.63) is 66.0 Å². The summed E-state index contributed by atoms with van der Waals surface area (Å²) < 4.78 is 0. The maximum Gasteiger partial charge on any atom is 0.271 e. The number of Topliss-reactive ketones (excluding diaryl/α,β-unsaturated/α-hetero) is 1. The van der Waals surface area contributed by atoms with Gasteiger partial charge in [-0.3, -0.25) is 30.2 Å². The predicted octanol–water partition coefficient (Wildman–Crippen LogP) is 1.51. The lowest BCUT2D eigenvalue weighted by atomic mass is 10.1. The monoisotopic (exact) mass is 297 g/mol. The number of carbonyl (C=O) groups is 3. The van der Waals surface area contributed by atoms with E-state index in [1.54, 1.807) is 42.6 Å². The van der Waals surface area contributed by atoms with Gasteiger partial charge in [0.05, 0.1) is 5.56 Å². The number of carbonyl (C=O) groups excluding carboxylic acids is 3. The summed E-state index contributed by atoms with van der Waals surface area (Å²) in [6.07, 6.45) is 3.02. The highest BCUT2D eigenvalue weighted by Crippen LogP contribution is 2.04. The Kier molecular flexibility index (Phi) is 5.37. The molecule has 0 saturated carbocycles. The number of hydrazine groups is 1. The van der Waals surface area contributed by atoms with Crippen molar-refractivity contribution in [1.82, 2.24) is 15.8 Å². The van der Waals surface area contributed by atoms with Gasteiger partial charge >= 0.3 is 0 Å². The molecule has 0 atom stereocenters. The molecule has 0 fully saturated rings. The third kappa shape index (κ3) is 4.52. The number of rotatable bonds is 5. The Labute approximate surface area is 127 Å². The smallest absolute Gasteiger partial charge is 0.271 e. The number of ketones is 1. The summed E-state index contributed by atoms with van der Waals surface area (Å²) in [5.74, 6) is -1.01. The van der Waals surface area contributed by atoms with Crippen molar-refractivity contribution < 1.29 is 14.4 Å². The minimum absolute atomic E-state index is 0.00104. The Morgan fingerprint density at radius 1 is 0.864 bits per heavy atom. The van der Waals surface area contributed by atoms with Crippen LogP contribution in [0.15, 0.2) is 54.9 Å². The van der Waals surface area contributed by atoms with E-state index < -0.39 is 11.8 Å². The zero-order chi connectivity index (χ0) is 15.8. The molecule has 0 aliphatic carbocycles. The second-order valence-electron chi connectivity index (χ2n) is 4.53. The highest BCUT2D eigenvalue weighted by Gasteiger charge is 2.10. The van der Waals surface area contributed by atoms with Crippen molar-refractivity contribution in [2.75, 3.05) is 0 Å². The normalized spacial score (nSPS) is 9.82. The van der Waals surface area contributed by atoms with Gasteiger partial charge in [-0.25, -0.2) is 0 Å². The third-order valence-electron chi connectivity index (χ3n) is 2.91. The Bertz CT molecular complexity index is 599. The fourth-order valence-electron chi connectivity index (χ4n) is 1.75. The van der Waals surface area contributed by atoms with E-state index in [0.717, 1.165) is 0 Å². The lowest BCUT2D eigenvalue weighted by Crippen LogP contribution is -2.41. The average molecular weight is 297 g/mol. The number of nitrogens with zero attached hydrogens (tertiary/aromatic N) is 1. The van der Waals surface area contributed by atoms with Crippen molar-refractivity contribution in [1.29, 1.82) is 0 Å². The van der Waals surface area contributed by atoms with Crippen molar-refractivity contribution in [3.8, 4) is 0 Å². The van der Waals surface area contributed by atoms with Crippen LogP contribution in [-0.4, -0.2) is 22.6 Å². The number of amides is 2. The molecule has 2 amide bonds. The number of hydrogen-bond donors (Lipinski definition) is 2. The second-order valence-corrected chi connectivity index (χ2v) is 4.53. The van der Waals surface area contributed by atoms with Gasteiger partial charge in [-0.1, -0.05) is 30.3 Å². The van der Waals surface area contributed by atoms with Gasteiger partial charge in [0, 0.05) is 30.8 Å². The highest BCUT2D eigenvalue weighted by atomic mass is 16.2. The summed E-state index contributed by atoms with van der Waals surface area (Å²) in [5.41, 5.74) is 5.44. The zero-order valence-corrected chi connectivity index (χ0v) is 11.8. The maximum atomic E-state index is 11.8. The summed E-state index contributed by atoms with van der Waals surface area (Å²) >= 11 is 0. The van der Waals surface area contributed by atoms with Crippen molar-refractivity contribution in [2.45, 2.75) is 12.8 Å². The third-order valence-corrected chi connectivity index (χ3v) is 2.91. The van der Waals surface area contributed by atoms with E-state index in [-0.39, 0.29) is 18.6 Å². The van der Waals surface area contributed by atoms with Gasteiger partial charge in [0.1, 0.15) is 0 Å². The van der Waals surface area contributed by atoms with Crippen LogP contribution in [0.5, 0.6) is 0 Å². The molecule has 1 aromatic carbocycles. The highest BCUT2D eigenvalue weighted by molar-refractivity contribution is 5.98. The molecule has 112 valence electrons. The van der Waals surface area contributed by atoms with Crippen molar-refractivity contribution in [3.63, 3.8) is 0 Å². The van der Waals surface area contributed by atoms with Crippen LogP contribution in [0.4, 0.5) is 0 Å². The molecule has 0 unspecified atom stereocenters. The number of pyridine rings is 1. The van der Waals surface area contributed by atoms with Crippen LogP contribution in [0, 0.1) is 0 Å². The fraction of sp³-hybridized carbons (Fsp3) is 0.125. The molecule has 2 aromatic rings. The average Bonchev–Trinajstić information content (AvgIpc) is 2.59. The summed E-state index contributed by atoms with van der Waals surface area (Å²) in [7, 11) is 0. The van der Waals surface area contributed by atoms with E-state index in [4.69, 9.17) is 0 Å².